The summed E-state index contributed by atoms with van der Waals surface area (Å²) in [6, 6.07) is 15.5. The summed E-state index contributed by atoms with van der Waals surface area (Å²) in [4.78, 5) is 19.2. The Hall–Kier alpha value is -2.53. The molecule has 0 heterocycles. The van der Waals surface area contributed by atoms with Gasteiger partial charge in [0.1, 0.15) is 5.75 Å². The van der Waals surface area contributed by atoms with E-state index in [1.54, 1.807) is 12.1 Å². The molecule has 0 fully saturated rings. The lowest BCUT2D eigenvalue weighted by molar-refractivity contribution is 0.0644. The summed E-state index contributed by atoms with van der Waals surface area (Å²) < 4.78 is 0. The van der Waals surface area contributed by atoms with Crippen LogP contribution in [-0.4, -0.2) is 59.6 Å². The number of likely N-dealkylation sites (N-methyl/N-ethyl adjacent to an activating group) is 1. The number of anilines is 2. The number of aromatic hydroxyl groups is 1. The second-order valence-electron chi connectivity index (χ2n) is 8.45. The Morgan fingerprint density at radius 2 is 1.48 bits per heavy atom. The molecule has 0 aliphatic heterocycles. The third kappa shape index (κ3) is 5.73. The molecule has 0 aliphatic carbocycles. The highest BCUT2D eigenvalue weighted by atomic mass is 16.3. The summed E-state index contributed by atoms with van der Waals surface area (Å²) >= 11 is 0. The number of benzene rings is 2. The fraction of sp³-hybridized carbons (Fsp3) is 0.458. The van der Waals surface area contributed by atoms with E-state index in [9.17, 15) is 9.90 Å². The first-order chi connectivity index (χ1) is 13.6. The molecule has 1 N–H and O–H groups in total. The lowest BCUT2D eigenvalue weighted by Gasteiger charge is -2.34. The molecule has 5 nitrogen and oxygen atoms in total. The van der Waals surface area contributed by atoms with Crippen LogP contribution in [0.1, 0.15) is 45.0 Å². The molecule has 0 spiro atoms. The summed E-state index contributed by atoms with van der Waals surface area (Å²) in [5.41, 5.74) is 2.60. The minimum Gasteiger partial charge on any atom is -0.508 e. The average Bonchev–Trinajstić information content (AvgIpc) is 2.61. The Morgan fingerprint density at radius 3 is 1.97 bits per heavy atom. The SMILES string of the molecule is CC(CN(C)C)N(c1ccc(C(=O)N(C(C)C)C(C)C)cc1)c1cccc(O)c1. The van der Waals surface area contributed by atoms with Crippen LogP contribution in [0.2, 0.25) is 0 Å². The summed E-state index contributed by atoms with van der Waals surface area (Å²) in [5.74, 6) is 0.285. The maximum Gasteiger partial charge on any atom is 0.254 e. The predicted molar refractivity (Wildman–Crippen MR) is 121 cm³/mol. The lowest BCUT2D eigenvalue weighted by Crippen LogP contribution is -2.42. The zero-order chi connectivity index (χ0) is 21.7. The van der Waals surface area contributed by atoms with Crippen LogP contribution in [0.4, 0.5) is 11.4 Å². The number of carbonyl (C=O) groups excluding carboxylic acids is 1. The Labute approximate surface area is 175 Å². The third-order valence-corrected chi connectivity index (χ3v) is 4.92. The minimum absolute atomic E-state index is 0.0480. The maximum absolute atomic E-state index is 13.0. The van der Waals surface area contributed by atoms with Crippen molar-refractivity contribution in [3.63, 3.8) is 0 Å². The fourth-order valence-electron chi connectivity index (χ4n) is 3.89. The Morgan fingerprint density at radius 1 is 0.897 bits per heavy atom. The van der Waals surface area contributed by atoms with Crippen molar-refractivity contribution in [1.82, 2.24) is 9.80 Å². The zero-order valence-corrected chi connectivity index (χ0v) is 18.8. The summed E-state index contributed by atoms with van der Waals surface area (Å²) in [6.45, 7) is 11.2. The maximum atomic E-state index is 13.0. The number of hydrogen-bond acceptors (Lipinski definition) is 4. The van der Waals surface area contributed by atoms with Crippen molar-refractivity contribution in [2.45, 2.75) is 52.7 Å². The smallest absolute Gasteiger partial charge is 0.254 e. The van der Waals surface area contributed by atoms with Gasteiger partial charge in [-0.15, -0.1) is 0 Å². The molecule has 1 atom stereocenters. The monoisotopic (exact) mass is 397 g/mol. The van der Waals surface area contributed by atoms with E-state index in [4.69, 9.17) is 0 Å². The van der Waals surface area contributed by atoms with Crippen LogP contribution in [0.3, 0.4) is 0 Å². The first-order valence-electron chi connectivity index (χ1n) is 10.3. The number of amides is 1. The molecular weight excluding hydrogens is 362 g/mol. The largest absolute Gasteiger partial charge is 0.508 e. The molecule has 0 saturated heterocycles. The average molecular weight is 398 g/mol. The number of phenolic OH excluding ortho intramolecular Hbond substituents is 1. The van der Waals surface area contributed by atoms with Crippen LogP contribution in [0.5, 0.6) is 5.75 Å². The van der Waals surface area contributed by atoms with E-state index in [1.807, 2.05) is 83.1 Å². The van der Waals surface area contributed by atoms with Gasteiger partial charge in [-0.05, 0) is 85.1 Å². The van der Waals surface area contributed by atoms with Crippen molar-refractivity contribution < 1.29 is 9.90 Å². The molecule has 0 aliphatic rings. The number of nitrogens with zero attached hydrogens (tertiary/aromatic N) is 3. The molecule has 29 heavy (non-hydrogen) atoms. The van der Waals surface area contributed by atoms with E-state index in [2.05, 4.69) is 16.7 Å². The van der Waals surface area contributed by atoms with Crippen molar-refractivity contribution in [3.8, 4) is 5.75 Å². The van der Waals surface area contributed by atoms with Gasteiger partial charge in [-0.3, -0.25) is 4.79 Å². The first-order valence-corrected chi connectivity index (χ1v) is 10.3. The van der Waals surface area contributed by atoms with Gasteiger partial charge in [0.15, 0.2) is 0 Å². The molecule has 0 aromatic heterocycles. The van der Waals surface area contributed by atoms with E-state index in [-0.39, 0.29) is 29.8 Å². The van der Waals surface area contributed by atoms with Gasteiger partial charge in [0, 0.05) is 47.7 Å². The van der Waals surface area contributed by atoms with Gasteiger partial charge >= 0.3 is 0 Å². The molecule has 1 unspecified atom stereocenters. The second kappa shape index (κ2) is 9.79. The first kappa shape index (κ1) is 22.8. The van der Waals surface area contributed by atoms with Gasteiger partial charge < -0.3 is 19.8 Å². The quantitative estimate of drug-likeness (QED) is 0.699. The number of carbonyl (C=O) groups is 1. The highest BCUT2D eigenvalue weighted by Crippen LogP contribution is 2.31. The molecular formula is C24H35N3O2. The van der Waals surface area contributed by atoms with Crippen molar-refractivity contribution in [2.75, 3.05) is 25.5 Å². The van der Waals surface area contributed by atoms with Crippen LogP contribution < -0.4 is 4.90 Å². The fourth-order valence-corrected chi connectivity index (χ4v) is 3.89. The molecule has 2 aromatic carbocycles. The molecule has 1 amide bonds. The van der Waals surface area contributed by atoms with Gasteiger partial charge in [0.2, 0.25) is 0 Å². The van der Waals surface area contributed by atoms with Crippen LogP contribution in [-0.2, 0) is 0 Å². The zero-order valence-electron chi connectivity index (χ0n) is 18.8. The van der Waals surface area contributed by atoms with Gasteiger partial charge in [-0.2, -0.15) is 0 Å². The van der Waals surface area contributed by atoms with Crippen LogP contribution in [0, 0.1) is 0 Å². The Kier molecular flexibility index (Phi) is 7.68. The minimum atomic E-state index is 0.0480. The van der Waals surface area contributed by atoms with Crippen molar-refractivity contribution in [3.05, 3.63) is 54.1 Å². The predicted octanol–water partition coefficient (Wildman–Crippen LogP) is 4.74. The lowest BCUT2D eigenvalue weighted by atomic mass is 10.1. The number of rotatable bonds is 8. The highest BCUT2D eigenvalue weighted by Gasteiger charge is 2.23. The molecule has 5 heteroatoms. The van der Waals surface area contributed by atoms with Crippen LogP contribution in [0.15, 0.2) is 48.5 Å². The van der Waals surface area contributed by atoms with E-state index in [1.165, 1.54) is 0 Å². The van der Waals surface area contributed by atoms with Gasteiger partial charge in [-0.1, -0.05) is 6.07 Å². The summed E-state index contributed by atoms with van der Waals surface area (Å²) in [5, 5.41) is 9.97. The van der Waals surface area contributed by atoms with Crippen LogP contribution >= 0.6 is 0 Å². The number of hydrogen-bond donors (Lipinski definition) is 1. The molecule has 0 saturated carbocycles. The van der Waals surface area contributed by atoms with Gasteiger partial charge in [0.25, 0.3) is 5.91 Å². The van der Waals surface area contributed by atoms with E-state index in [0.717, 1.165) is 17.9 Å². The standard InChI is InChI=1S/C24H35N3O2/c1-17(2)26(18(3)4)24(29)20-11-13-21(14-12-20)27(19(5)16-25(6)7)22-9-8-10-23(28)15-22/h8-15,17-19,28H,16H2,1-7H3. The molecule has 2 rings (SSSR count). The Balaban J connectivity index is 2.39. The van der Waals surface area contributed by atoms with E-state index in [0.29, 0.717) is 5.56 Å². The molecule has 158 valence electrons. The van der Waals surface area contributed by atoms with Crippen molar-refractivity contribution in [2.24, 2.45) is 0 Å². The highest BCUT2D eigenvalue weighted by molar-refractivity contribution is 5.95. The topological polar surface area (TPSA) is 47.0 Å². The summed E-state index contributed by atoms with van der Waals surface area (Å²) in [6.07, 6.45) is 0. The van der Waals surface area contributed by atoms with E-state index < -0.39 is 0 Å². The molecule has 2 aromatic rings. The molecule has 0 radical (unpaired) electrons. The molecule has 0 bridgehead atoms. The normalized spacial score (nSPS) is 12.5. The summed E-state index contributed by atoms with van der Waals surface area (Å²) in [7, 11) is 4.09. The third-order valence-electron chi connectivity index (χ3n) is 4.92. The number of phenols is 1. The van der Waals surface area contributed by atoms with Crippen LogP contribution in [0.25, 0.3) is 0 Å². The van der Waals surface area contributed by atoms with Crippen molar-refractivity contribution >= 4 is 17.3 Å². The van der Waals surface area contributed by atoms with Crippen molar-refractivity contribution in [1.29, 1.82) is 0 Å². The van der Waals surface area contributed by atoms with E-state index >= 15 is 0 Å². The van der Waals surface area contributed by atoms with Gasteiger partial charge in [0.05, 0.1) is 0 Å². The van der Waals surface area contributed by atoms with Gasteiger partial charge in [-0.25, -0.2) is 0 Å². The Bertz CT molecular complexity index is 792. The second-order valence-corrected chi connectivity index (χ2v) is 8.45.